The van der Waals surface area contributed by atoms with Gasteiger partial charge in [-0.2, -0.15) is 5.10 Å². The molecule has 1 heterocycles. The zero-order chi connectivity index (χ0) is 13.6. The minimum Gasteiger partial charge on any atom is -0.396 e. The average molecular weight is 275 g/mol. The normalized spacial score (nSPS) is 11.4. The summed E-state index contributed by atoms with van der Waals surface area (Å²) in [7, 11) is -3.30. The summed E-state index contributed by atoms with van der Waals surface area (Å²) in [5.74, 6) is -0.460. The number of nitrogens with one attached hydrogen (secondary N) is 2. The zero-order valence-corrected chi connectivity index (χ0v) is 10.9. The van der Waals surface area contributed by atoms with Gasteiger partial charge >= 0.3 is 0 Å². The van der Waals surface area contributed by atoms with Gasteiger partial charge in [-0.05, 0) is 0 Å². The monoisotopic (exact) mass is 275 g/mol. The van der Waals surface area contributed by atoms with Crippen molar-refractivity contribution in [2.24, 2.45) is 0 Å². The van der Waals surface area contributed by atoms with E-state index in [-0.39, 0.29) is 24.7 Å². The number of amides is 1. The third kappa shape index (κ3) is 5.15. The number of anilines is 1. The molecule has 1 aromatic rings. The van der Waals surface area contributed by atoms with E-state index in [9.17, 15) is 13.2 Å². The van der Waals surface area contributed by atoms with Gasteiger partial charge in [0, 0.05) is 19.3 Å². The maximum Gasteiger partial charge on any atom is 0.241 e. The van der Waals surface area contributed by atoms with Crippen molar-refractivity contribution >= 4 is 21.6 Å². The first kappa shape index (κ1) is 14.5. The first-order chi connectivity index (χ1) is 8.43. The second-order valence-corrected chi connectivity index (χ2v) is 5.56. The van der Waals surface area contributed by atoms with Crippen LogP contribution in [0.2, 0.25) is 0 Å². The molecule has 8 nitrogen and oxygen atoms in total. The molecule has 0 aromatic carbocycles. The Morgan fingerprint density at radius 2 is 2.28 bits per heavy atom. The van der Waals surface area contributed by atoms with E-state index < -0.39 is 10.0 Å². The highest BCUT2D eigenvalue weighted by molar-refractivity contribution is 7.89. The lowest BCUT2D eigenvalue weighted by molar-refractivity contribution is -0.121. The maximum absolute atomic E-state index is 11.4. The molecule has 9 heteroatoms. The van der Waals surface area contributed by atoms with Gasteiger partial charge in [0.15, 0.2) is 0 Å². The van der Waals surface area contributed by atoms with Gasteiger partial charge in [-0.15, -0.1) is 0 Å². The fourth-order valence-electron chi connectivity index (χ4n) is 1.29. The van der Waals surface area contributed by atoms with Crippen LogP contribution in [0, 0.1) is 0 Å². The number of sulfonamides is 1. The van der Waals surface area contributed by atoms with Crippen LogP contribution in [0.1, 0.15) is 6.92 Å². The van der Waals surface area contributed by atoms with E-state index in [1.807, 2.05) is 0 Å². The van der Waals surface area contributed by atoms with Crippen molar-refractivity contribution in [1.82, 2.24) is 19.8 Å². The SMILES string of the molecule is CCNS(=O)(=O)CCNC(=O)Cn1cc(N)cn1. The second-order valence-electron chi connectivity index (χ2n) is 3.64. The summed E-state index contributed by atoms with van der Waals surface area (Å²) in [6, 6.07) is 0. The molecule has 0 spiro atoms. The average Bonchev–Trinajstić information content (AvgIpc) is 2.63. The Morgan fingerprint density at radius 1 is 1.56 bits per heavy atom. The third-order valence-electron chi connectivity index (χ3n) is 2.02. The molecule has 18 heavy (non-hydrogen) atoms. The van der Waals surface area contributed by atoms with Crippen LogP contribution >= 0.6 is 0 Å². The van der Waals surface area contributed by atoms with Gasteiger partial charge in [0.05, 0.1) is 17.6 Å². The van der Waals surface area contributed by atoms with Crippen molar-refractivity contribution in [3.8, 4) is 0 Å². The number of nitrogens with two attached hydrogens (primary N) is 1. The molecule has 4 N–H and O–H groups in total. The van der Waals surface area contributed by atoms with Gasteiger partial charge in [-0.3, -0.25) is 9.48 Å². The number of nitrogen functional groups attached to an aromatic ring is 1. The maximum atomic E-state index is 11.4. The summed E-state index contributed by atoms with van der Waals surface area (Å²) in [5.41, 5.74) is 5.91. The Hall–Kier alpha value is -1.61. The van der Waals surface area contributed by atoms with Crippen LogP contribution in [-0.4, -0.2) is 42.9 Å². The molecule has 1 rings (SSSR count). The molecule has 1 amide bonds. The molecule has 0 unspecified atom stereocenters. The van der Waals surface area contributed by atoms with E-state index in [1.54, 1.807) is 6.92 Å². The van der Waals surface area contributed by atoms with Crippen molar-refractivity contribution in [2.45, 2.75) is 13.5 Å². The molecule has 0 atom stereocenters. The summed E-state index contributed by atoms with van der Waals surface area (Å²) in [6.07, 6.45) is 2.96. The highest BCUT2D eigenvalue weighted by Crippen LogP contribution is 1.96. The molecule has 0 saturated carbocycles. The fraction of sp³-hybridized carbons (Fsp3) is 0.556. The van der Waals surface area contributed by atoms with Crippen LogP contribution in [0.3, 0.4) is 0 Å². The number of nitrogens with zero attached hydrogens (tertiary/aromatic N) is 2. The number of hydrogen-bond donors (Lipinski definition) is 3. The molecular formula is C9H17N5O3S. The van der Waals surface area contributed by atoms with E-state index in [1.165, 1.54) is 17.1 Å². The standard InChI is InChI=1S/C9H17N5O3S/c1-2-13-18(16,17)4-3-11-9(15)7-14-6-8(10)5-12-14/h5-6,13H,2-4,7,10H2,1H3,(H,11,15). The molecule has 102 valence electrons. The van der Waals surface area contributed by atoms with Crippen molar-refractivity contribution in [3.63, 3.8) is 0 Å². The Labute approximate surface area is 106 Å². The topological polar surface area (TPSA) is 119 Å². The number of carbonyl (C=O) groups is 1. The van der Waals surface area contributed by atoms with Crippen molar-refractivity contribution < 1.29 is 13.2 Å². The van der Waals surface area contributed by atoms with Crippen LogP contribution < -0.4 is 15.8 Å². The van der Waals surface area contributed by atoms with E-state index in [0.717, 1.165) is 0 Å². The van der Waals surface area contributed by atoms with Crippen LogP contribution in [-0.2, 0) is 21.4 Å². The number of rotatable bonds is 7. The van der Waals surface area contributed by atoms with E-state index in [4.69, 9.17) is 5.73 Å². The first-order valence-electron chi connectivity index (χ1n) is 5.45. The molecule has 0 aliphatic heterocycles. The lowest BCUT2D eigenvalue weighted by Crippen LogP contribution is -2.35. The molecule has 0 aliphatic carbocycles. The van der Waals surface area contributed by atoms with Gasteiger partial charge in [-0.25, -0.2) is 13.1 Å². The number of carbonyl (C=O) groups excluding carboxylic acids is 1. The highest BCUT2D eigenvalue weighted by Gasteiger charge is 2.09. The summed E-state index contributed by atoms with van der Waals surface area (Å²) in [5, 5.41) is 6.34. The number of aromatic nitrogens is 2. The van der Waals surface area contributed by atoms with Gasteiger partial charge in [0.2, 0.25) is 15.9 Å². The number of hydrogen-bond acceptors (Lipinski definition) is 5. The third-order valence-corrected chi connectivity index (χ3v) is 3.49. The summed E-state index contributed by atoms with van der Waals surface area (Å²) < 4.78 is 26.3. The Kier molecular flexibility index (Phi) is 5.10. The van der Waals surface area contributed by atoms with Gasteiger partial charge < -0.3 is 11.1 Å². The minimum absolute atomic E-state index is 0.0124. The predicted molar refractivity (Wildman–Crippen MR) is 67.1 cm³/mol. The molecule has 0 bridgehead atoms. The van der Waals surface area contributed by atoms with Gasteiger partial charge in [0.25, 0.3) is 0 Å². The Bertz CT molecular complexity index is 496. The van der Waals surface area contributed by atoms with Crippen molar-refractivity contribution in [1.29, 1.82) is 0 Å². The van der Waals surface area contributed by atoms with Crippen LogP contribution in [0.4, 0.5) is 5.69 Å². The Balaban J connectivity index is 2.30. The molecule has 0 radical (unpaired) electrons. The molecular weight excluding hydrogens is 258 g/mol. The van der Waals surface area contributed by atoms with Gasteiger partial charge in [0.1, 0.15) is 6.54 Å². The summed E-state index contributed by atoms with van der Waals surface area (Å²) in [4.78, 5) is 11.4. The van der Waals surface area contributed by atoms with E-state index >= 15 is 0 Å². The molecule has 0 aliphatic rings. The predicted octanol–water partition coefficient (Wildman–Crippen LogP) is -1.48. The van der Waals surface area contributed by atoms with E-state index in [2.05, 4.69) is 15.1 Å². The quantitative estimate of drug-likeness (QED) is 0.561. The molecule has 1 aromatic heterocycles. The van der Waals surface area contributed by atoms with Crippen LogP contribution in [0.15, 0.2) is 12.4 Å². The zero-order valence-electron chi connectivity index (χ0n) is 10.1. The largest absolute Gasteiger partial charge is 0.396 e. The first-order valence-corrected chi connectivity index (χ1v) is 7.10. The van der Waals surface area contributed by atoms with Gasteiger partial charge in [-0.1, -0.05) is 6.92 Å². The lowest BCUT2D eigenvalue weighted by atomic mass is 10.5. The Morgan fingerprint density at radius 3 is 2.83 bits per heavy atom. The van der Waals surface area contributed by atoms with E-state index in [0.29, 0.717) is 12.2 Å². The molecule has 0 saturated heterocycles. The fourth-order valence-corrected chi connectivity index (χ4v) is 2.24. The van der Waals surface area contributed by atoms with Crippen LogP contribution in [0.25, 0.3) is 0 Å². The minimum atomic E-state index is -3.30. The summed E-state index contributed by atoms with van der Waals surface area (Å²) >= 11 is 0. The second kappa shape index (κ2) is 6.36. The van der Waals surface area contributed by atoms with Crippen molar-refractivity contribution in [3.05, 3.63) is 12.4 Å². The highest BCUT2D eigenvalue weighted by atomic mass is 32.2. The lowest BCUT2D eigenvalue weighted by Gasteiger charge is -2.06. The summed E-state index contributed by atoms with van der Waals surface area (Å²) in [6.45, 7) is 2.10. The molecule has 0 fully saturated rings. The van der Waals surface area contributed by atoms with Crippen LogP contribution in [0.5, 0.6) is 0 Å². The van der Waals surface area contributed by atoms with Crippen molar-refractivity contribution in [2.75, 3.05) is 24.6 Å². The smallest absolute Gasteiger partial charge is 0.241 e.